The van der Waals surface area contributed by atoms with E-state index in [9.17, 15) is 0 Å². The molecule has 1 unspecified atom stereocenters. The Kier molecular flexibility index (Phi) is 9.28. The van der Waals surface area contributed by atoms with E-state index in [1.54, 1.807) is 7.11 Å². The summed E-state index contributed by atoms with van der Waals surface area (Å²) in [4.78, 5) is 4.65. The molecule has 1 aromatic rings. The fraction of sp³-hybridized carbons (Fsp3) is 0.650. The number of aryl methyl sites for hydroxylation is 1. The van der Waals surface area contributed by atoms with Gasteiger partial charge in [0.25, 0.3) is 0 Å². The van der Waals surface area contributed by atoms with E-state index < -0.39 is 0 Å². The van der Waals surface area contributed by atoms with Crippen molar-refractivity contribution >= 4 is 5.96 Å². The number of guanidine groups is 1. The third-order valence-corrected chi connectivity index (χ3v) is 4.37. The third-order valence-electron chi connectivity index (χ3n) is 4.37. The summed E-state index contributed by atoms with van der Waals surface area (Å²) >= 11 is 0. The molecule has 0 bridgehead atoms. The van der Waals surface area contributed by atoms with Crippen LogP contribution < -0.4 is 15.4 Å². The van der Waals surface area contributed by atoms with Gasteiger partial charge in [-0.1, -0.05) is 12.1 Å². The van der Waals surface area contributed by atoms with Crippen molar-refractivity contribution in [2.24, 2.45) is 10.9 Å². The molecule has 0 radical (unpaired) electrons. The monoisotopic (exact) mass is 363 g/mol. The first-order chi connectivity index (χ1) is 12.7. The van der Waals surface area contributed by atoms with Gasteiger partial charge in [-0.25, -0.2) is 4.99 Å². The highest BCUT2D eigenvalue weighted by atomic mass is 16.5. The molecule has 1 fully saturated rings. The predicted octanol–water partition coefficient (Wildman–Crippen LogP) is 2.50. The Morgan fingerprint density at radius 3 is 2.96 bits per heavy atom. The van der Waals surface area contributed by atoms with Crippen LogP contribution in [-0.2, 0) is 16.0 Å². The highest BCUT2D eigenvalue weighted by Crippen LogP contribution is 2.19. The van der Waals surface area contributed by atoms with Crippen LogP contribution in [-0.4, -0.2) is 52.6 Å². The van der Waals surface area contributed by atoms with Gasteiger partial charge in [-0.3, -0.25) is 0 Å². The standard InChI is InChI=1S/C20H33N3O3/c1-4-21-20(22-9-5-10-25-14-18-8-11-26-15-18)23-13-17-7-6-16(2)19(12-17)24-3/h6-7,12,18H,4-5,8-11,13-15H2,1-3H3,(H2,21,22,23). The molecule has 0 aliphatic carbocycles. The van der Waals surface area contributed by atoms with Gasteiger partial charge in [0.1, 0.15) is 5.75 Å². The molecule has 1 aliphatic heterocycles. The summed E-state index contributed by atoms with van der Waals surface area (Å²) in [5.41, 5.74) is 2.26. The molecule has 1 aliphatic rings. The van der Waals surface area contributed by atoms with Crippen LogP contribution in [0, 0.1) is 12.8 Å². The summed E-state index contributed by atoms with van der Waals surface area (Å²) in [6.07, 6.45) is 2.08. The first kappa shape index (κ1) is 20.5. The Morgan fingerprint density at radius 1 is 1.35 bits per heavy atom. The first-order valence-electron chi connectivity index (χ1n) is 9.54. The summed E-state index contributed by atoms with van der Waals surface area (Å²) in [6, 6.07) is 6.20. The maximum atomic E-state index is 5.73. The van der Waals surface area contributed by atoms with Gasteiger partial charge >= 0.3 is 0 Å². The lowest BCUT2D eigenvalue weighted by Gasteiger charge is -2.12. The Labute approximate surface area is 157 Å². The Hall–Kier alpha value is -1.79. The smallest absolute Gasteiger partial charge is 0.191 e. The minimum atomic E-state index is 0.577. The average Bonchev–Trinajstić information content (AvgIpc) is 3.17. The molecule has 1 aromatic carbocycles. The van der Waals surface area contributed by atoms with E-state index in [-0.39, 0.29) is 0 Å². The molecule has 6 heteroatoms. The molecule has 146 valence electrons. The molecular formula is C20H33N3O3. The van der Waals surface area contributed by atoms with E-state index in [1.165, 1.54) is 0 Å². The van der Waals surface area contributed by atoms with Crippen LogP contribution in [0.1, 0.15) is 30.9 Å². The normalized spacial score (nSPS) is 17.3. The second-order valence-corrected chi connectivity index (χ2v) is 6.58. The van der Waals surface area contributed by atoms with Crippen molar-refractivity contribution in [2.75, 3.05) is 46.6 Å². The van der Waals surface area contributed by atoms with Gasteiger partial charge < -0.3 is 24.8 Å². The topological polar surface area (TPSA) is 64.1 Å². The minimum Gasteiger partial charge on any atom is -0.496 e. The number of nitrogens with one attached hydrogen (secondary N) is 2. The van der Waals surface area contributed by atoms with Gasteiger partial charge in [0.05, 0.1) is 26.9 Å². The number of aliphatic imine (C=N–C) groups is 1. The fourth-order valence-corrected chi connectivity index (χ4v) is 2.82. The average molecular weight is 364 g/mol. The number of hydrogen-bond donors (Lipinski definition) is 2. The fourth-order valence-electron chi connectivity index (χ4n) is 2.82. The van der Waals surface area contributed by atoms with Crippen molar-refractivity contribution < 1.29 is 14.2 Å². The summed E-state index contributed by atoms with van der Waals surface area (Å²) in [6.45, 7) is 9.69. The van der Waals surface area contributed by atoms with Crippen molar-refractivity contribution in [3.05, 3.63) is 29.3 Å². The van der Waals surface area contributed by atoms with Crippen LogP contribution >= 0.6 is 0 Å². The summed E-state index contributed by atoms with van der Waals surface area (Å²) in [5, 5.41) is 6.64. The number of ether oxygens (including phenoxy) is 3. The van der Waals surface area contributed by atoms with Crippen LogP contribution in [0.5, 0.6) is 5.75 Å². The van der Waals surface area contributed by atoms with Gasteiger partial charge in [-0.05, 0) is 43.9 Å². The van der Waals surface area contributed by atoms with Crippen LogP contribution in [0.15, 0.2) is 23.2 Å². The first-order valence-corrected chi connectivity index (χ1v) is 9.54. The quantitative estimate of drug-likeness (QED) is 0.380. The van der Waals surface area contributed by atoms with Crippen molar-refractivity contribution in [3.63, 3.8) is 0 Å². The largest absolute Gasteiger partial charge is 0.496 e. The predicted molar refractivity (Wildman–Crippen MR) is 105 cm³/mol. The van der Waals surface area contributed by atoms with Crippen LogP contribution in [0.4, 0.5) is 0 Å². The highest BCUT2D eigenvalue weighted by molar-refractivity contribution is 5.79. The molecule has 1 saturated heterocycles. The molecule has 0 amide bonds. The van der Waals surface area contributed by atoms with Crippen LogP contribution in [0.3, 0.4) is 0 Å². The van der Waals surface area contributed by atoms with E-state index in [0.717, 1.165) is 75.2 Å². The molecule has 1 atom stereocenters. The number of hydrogen-bond acceptors (Lipinski definition) is 4. The molecule has 26 heavy (non-hydrogen) atoms. The maximum Gasteiger partial charge on any atom is 0.191 e. The summed E-state index contributed by atoms with van der Waals surface area (Å²) < 4.78 is 16.5. The van der Waals surface area contributed by atoms with E-state index in [2.05, 4.69) is 34.7 Å². The van der Waals surface area contributed by atoms with Crippen molar-refractivity contribution in [1.82, 2.24) is 10.6 Å². The van der Waals surface area contributed by atoms with Crippen LogP contribution in [0.25, 0.3) is 0 Å². The Balaban J connectivity index is 1.70. The molecular weight excluding hydrogens is 330 g/mol. The Morgan fingerprint density at radius 2 is 2.23 bits per heavy atom. The van der Waals surface area contributed by atoms with Crippen molar-refractivity contribution in [1.29, 1.82) is 0 Å². The third kappa shape index (κ3) is 7.22. The van der Waals surface area contributed by atoms with E-state index in [4.69, 9.17) is 14.2 Å². The molecule has 2 N–H and O–H groups in total. The van der Waals surface area contributed by atoms with E-state index in [1.807, 2.05) is 13.0 Å². The summed E-state index contributed by atoms with van der Waals surface area (Å²) in [5.74, 6) is 2.31. The van der Waals surface area contributed by atoms with Crippen LogP contribution in [0.2, 0.25) is 0 Å². The minimum absolute atomic E-state index is 0.577. The van der Waals surface area contributed by atoms with Crippen molar-refractivity contribution in [2.45, 2.75) is 33.2 Å². The lowest BCUT2D eigenvalue weighted by Crippen LogP contribution is -2.38. The lowest BCUT2D eigenvalue weighted by molar-refractivity contribution is 0.0888. The number of rotatable bonds is 10. The molecule has 6 nitrogen and oxygen atoms in total. The zero-order valence-corrected chi connectivity index (χ0v) is 16.3. The molecule has 0 aromatic heterocycles. The second-order valence-electron chi connectivity index (χ2n) is 6.58. The maximum absolute atomic E-state index is 5.73. The van der Waals surface area contributed by atoms with Gasteiger partial charge in [-0.2, -0.15) is 0 Å². The van der Waals surface area contributed by atoms with E-state index >= 15 is 0 Å². The van der Waals surface area contributed by atoms with Crippen molar-refractivity contribution in [3.8, 4) is 5.75 Å². The zero-order valence-electron chi connectivity index (χ0n) is 16.3. The molecule has 0 saturated carbocycles. The van der Waals surface area contributed by atoms with Gasteiger partial charge in [0, 0.05) is 32.2 Å². The number of methoxy groups -OCH3 is 1. The molecule has 0 spiro atoms. The van der Waals surface area contributed by atoms with Gasteiger partial charge in [0.2, 0.25) is 0 Å². The van der Waals surface area contributed by atoms with Gasteiger partial charge in [-0.15, -0.1) is 0 Å². The Bertz CT molecular complexity index is 557. The lowest BCUT2D eigenvalue weighted by atomic mass is 10.1. The number of benzene rings is 1. The van der Waals surface area contributed by atoms with E-state index in [0.29, 0.717) is 12.5 Å². The SMILES string of the molecule is CCNC(=NCc1ccc(C)c(OC)c1)NCCCOCC1CCOC1. The second kappa shape index (κ2) is 11.8. The molecule has 1 heterocycles. The van der Waals surface area contributed by atoms with Gasteiger partial charge in [0.15, 0.2) is 5.96 Å². The summed E-state index contributed by atoms with van der Waals surface area (Å²) in [7, 11) is 1.70. The zero-order chi connectivity index (χ0) is 18.6. The highest BCUT2D eigenvalue weighted by Gasteiger charge is 2.15. The number of nitrogens with zero attached hydrogens (tertiary/aromatic N) is 1. The molecule has 2 rings (SSSR count).